The maximum Gasteiger partial charge on any atom is 0.288 e. The van der Waals surface area contributed by atoms with Crippen LogP contribution in [-0.4, -0.2) is 38.0 Å². The van der Waals surface area contributed by atoms with Crippen LogP contribution >= 0.6 is 11.8 Å². The van der Waals surface area contributed by atoms with Gasteiger partial charge in [-0.3, -0.25) is 4.79 Å². The lowest BCUT2D eigenvalue weighted by Gasteiger charge is -2.12. The van der Waals surface area contributed by atoms with Crippen molar-refractivity contribution in [3.05, 3.63) is 24.3 Å². The number of alkyl halides is 2. The maximum atomic E-state index is 12.1. The molecule has 1 atom stereocenters. The molecule has 1 unspecified atom stereocenters. The predicted molar refractivity (Wildman–Crippen MR) is 76.3 cm³/mol. The second-order valence-corrected chi connectivity index (χ2v) is 5.25. The third kappa shape index (κ3) is 6.83. The molecule has 0 radical (unpaired) electrons. The summed E-state index contributed by atoms with van der Waals surface area (Å²) in [5.74, 6) is -2.64. The Labute approximate surface area is 121 Å². The number of carbonyl (C=O) groups excluding carboxylic acids is 1. The summed E-state index contributed by atoms with van der Waals surface area (Å²) in [6.07, 6.45) is 0. The molecular weight excluding hydrogens is 286 g/mol. The van der Waals surface area contributed by atoms with Crippen molar-refractivity contribution in [1.29, 1.82) is 0 Å². The first-order valence-corrected chi connectivity index (χ1v) is 6.96. The molecule has 0 spiro atoms. The van der Waals surface area contributed by atoms with E-state index in [2.05, 4.69) is 10.6 Å². The van der Waals surface area contributed by atoms with Gasteiger partial charge in [-0.2, -0.15) is 8.78 Å². The molecule has 0 fully saturated rings. The van der Waals surface area contributed by atoms with Crippen LogP contribution < -0.4 is 10.6 Å². The van der Waals surface area contributed by atoms with Crippen molar-refractivity contribution in [2.75, 3.05) is 25.6 Å². The summed E-state index contributed by atoms with van der Waals surface area (Å²) in [6, 6.07) is 6.37. The Bertz CT molecular complexity index is 415. The SMILES string of the molecule is COCC(C)NCC(=O)Nc1ccc(SC(F)F)cc1. The highest BCUT2D eigenvalue weighted by atomic mass is 32.2. The Kier molecular flexibility index (Phi) is 7.50. The van der Waals surface area contributed by atoms with E-state index in [1.54, 1.807) is 31.4 Å². The molecule has 112 valence electrons. The molecule has 0 aliphatic carbocycles. The molecule has 1 rings (SSSR count). The fraction of sp³-hybridized carbons (Fsp3) is 0.462. The molecule has 1 aromatic rings. The van der Waals surface area contributed by atoms with Gasteiger partial charge in [0.25, 0.3) is 5.76 Å². The van der Waals surface area contributed by atoms with E-state index in [4.69, 9.17) is 4.74 Å². The average molecular weight is 304 g/mol. The zero-order chi connectivity index (χ0) is 15.0. The van der Waals surface area contributed by atoms with Crippen molar-refractivity contribution in [1.82, 2.24) is 5.32 Å². The Balaban J connectivity index is 2.38. The molecule has 4 nitrogen and oxygen atoms in total. The molecule has 0 aliphatic heterocycles. The normalized spacial score (nSPS) is 12.4. The summed E-state index contributed by atoms with van der Waals surface area (Å²) < 4.78 is 29.2. The van der Waals surface area contributed by atoms with E-state index in [-0.39, 0.29) is 18.5 Å². The number of ether oxygens (including phenoxy) is 1. The summed E-state index contributed by atoms with van der Waals surface area (Å²) in [4.78, 5) is 12.1. The Morgan fingerprint density at radius 2 is 2.00 bits per heavy atom. The van der Waals surface area contributed by atoms with Gasteiger partial charge in [0.05, 0.1) is 13.2 Å². The number of hydrogen-bond acceptors (Lipinski definition) is 4. The average Bonchev–Trinajstić information content (AvgIpc) is 2.38. The van der Waals surface area contributed by atoms with E-state index in [0.29, 0.717) is 29.0 Å². The number of rotatable bonds is 8. The topological polar surface area (TPSA) is 50.4 Å². The molecule has 1 amide bonds. The van der Waals surface area contributed by atoms with Crippen molar-refractivity contribution in [3.8, 4) is 0 Å². The van der Waals surface area contributed by atoms with Crippen molar-refractivity contribution < 1.29 is 18.3 Å². The number of hydrogen-bond donors (Lipinski definition) is 2. The van der Waals surface area contributed by atoms with Crippen molar-refractivity contribution >= 4 is 23.4 Å². The quantitative estimate of drug-likeness (QED) is 0.725. The van der Waals surface area contributed by atoms with Crippen molar-refractivity contribution in [2.45, 2.75) is 23.6 Å². The molecule has 0 saturated carbocycles. The second-order valence-electron chi connectivity index (χ2n) is 4.19. The van der Waals surface area contributed by atoms with Crippen LogP contribution in [0.1, 0.15) is 6.92 Å². The standard InChI is InChI=1S/C13H18F2N2O2S/c1-9(8-19-2)16-7-12(18)17-10-3-5-11(6-4-10)20-13(14)15/h3-6,9,13,16H,7-8H2,1-2H3,(H,17,18). The first kappa shape index (κ1) is 16.9. The molecule has 0 aromatic heterocycles. The van der Waals surface area contributed by atoms with Crippen LogP contribution in [0.3, 0.4) is 0 Å². The van der Waals surface area contributed by atoms with Crippen LogP contribution in [-0.2, 0) is 9.53 Å². The molecule has 0 aliphatic rings. The van der Waals surface area contributed by atoms with Crippen LogP contribution in [0.5, 0.6) is 0 Å². The van der Waals surface area contributed by atoms with E-state index in [0.717, 1.165) is 0 Å². The Morgan fingerprint density at radius 1 is 1.35 bits per heavy atom. The third-order valence-corrected chi connectivity index (χ3v) is 3.11. The lowest BCUT2D eigenvalue weighted by atomic mass is 10.3. The number of thioether (sulfide) groups is 1. The van der Waals surface area contributed by atoms with Gasteiger partial charge in [-0.1, -0.05) is 11.8 Å². The number of methoxy groups -OCH3 is 1. The number of amides is 1. The van der Waals surface area contributed by atoms with Crippen LogP contribution in [0.15, 0.2) is 29.2 Å². The van der Waals surface area contributed by atoms with E-state index >= 15 is 0 Å². The number of halogens is 2. The lowest BCUT2D eigenvalue weighted by molar-refractivity contribution is -0.115. The van der Waals surface area contributed by atoms with Gasteiger partial charge in [-0.15, -0.1) is 0 Å². The highest BCUT2D eigenvalue weighted by Gasteiger charge is 2.07. The minimum atomic E-state index is -2.44. The van der Waals surface area contributed by atoms with Crippen molar-refractivity contribution in [3.63, 3.8) is 0 Å². The zero-order valence-corrected chi connectivity index (χ0v) is 12.2. The maximum absolute atomic E-state index is 12.1. The van der Waals surface area contributed by atoms with Crippen molar-refractivity contribution in [2.24, 2.45) is 0 Å². The highest BCUT2D eigenvalue weighted by Crippen LogP contribution is 2.26. The van der Waals surface area contributed by atoms with Gasteiger partial charge in [0.1, 0.15) is 0 Å². The Hall–Kier alpha value is -1.18. The number of anilines is 1. The molecule has 0 saturated heterocycles. The molecular formula is C13H18F2N2O2S. The molecule has 0 heterocycles. The van der Waals surface area contributed by atoms with E-state index in [1.165, 1.54) is 0 Å². The summed E-state index contributed by atoms with van der Waals surface area (Å²) >= 11 is 0.473. The minimum absolute atomic E-state index is 0.0792. The predicted octanol–water partition coefficient (Wildman–Crippen LogP) is 2.56. The summed E-state index contributed by atoms with van der Waals surface area (Å²) in [5.41, 5.74) is 0.579. The molecule has 0 bridgehead atoms. The highest BCUT2D eigenvalue weighted by molar-refractivity contribution is 7.99. The largest absolute Gasteiger partial charge is 0.383 e. The third-order valence-electron chi connectivity index (χ3n) is 2.39. The summed E-state index contributed by atoms with van der Waals surface area (Å²) in [6.45, 7) is 2.60. The Morgan fingerprint density at radius 3 is 2.55 bits per heavy atom. The minimum Gasteiger partial charge on any atom is -0.383 e. The zero-order valence-electron chi connectivity index (χ0n) is 11.4. The molecule has 1 aromatic carbocycles. The summed E-state index contributed by atoms with van der Waals surface area (Å²) in [7, 11) is 1.59. The lowest BCUT2D eigenvalue weighted by Crippen LogP contribution is -2.36. The first-order chi connectivity index (χ1) is 9.51. The number of nitrogens with one attached hydrogen (secondary N) is 2. The van der Waals surface area contributed by atoms with Gasteiger partial charge in [0.2, 0.25) is 5.91 Å². The van der Waals surface area contributed by atoms with E-state index < -0.39 is 5.76 Å². The summed E-state index contributed by atoms with van der Waals surface area (Å²) in [5, 5.41) is 5.68. The van der Waals surface area contributed by atoms with Crippen LogP contribution in [0.4, 0.5) is 14.5 Å². The van der Waals surface area contributed by atoms with Gasteiger partial charge < -0.3 is 15.4 Å². The number of carbonyl (C=O) groups is 1. The molecule has 7 heteroatoms. The van der Waals surface area contributed by atoms with E-state index in [1.807, 2.05) is 6.92 Å². The van der Waals surface area contributed by atoms with Gasteiger partial charge in [0.15, 0.2) is 0 Å². The van der Waals surface area contributed by atoms with Gasteiger partial charge >= 0.3 is 0 Å². The second kappa shape index (κ2) is 8.89. The molecule has 20 heavy (non-hydrogen) atoms. The fourth-order valence-electron chi connectivity index (χ4n) is 1.50. The van der Waals surface area contributed by atoms with Crippen LogP contribution in [0.2, 0.25) is 0 Å². The number of benzene rings is 1. The first-order valence-electron chi connectivity index (χ1n) is 6.08. The van der Waals surface area contributed by atoms with Gasteiger partial charge in [-0.05, 0) is 31.2 Å². The smallest absolute Gasteiger partial charge is 0.288 e. The fourth-order valence-corrected chi connectivity index (χ4v) is 2.00. The van der Waals surface area contributed by atoms with Crippen LogP contribution in [0.25, 0.3) is 0 Å². The van der Waals surface area contributed by atoms with Crippen LogP contribution in [0, 0.1) is 0 Å². The van der Waals surface area contributed by atoms with Gasteiger partial charge in [-0.25, -0.2) is 0 Å². The monoisotopic (exact) mass is 304 g/mol. The molecule has 2 N–H and O–H groups in total. The van der Waals surface area contributed by atoms with Gasteiger partial charge in [0, 0.05) is 23.7 Å². The van der Waals surface area contributed by atoms with E-state index in [9.17, 15) is 13.6 Å².